The summed E-state index contributed by atoms with van der Waals surface area (Å²) in [4.78, 5) is 0. The van der Waals surface area contributed by atoms with Crippen molar-refractivity contribution in [2.45, 2.75) is 44.5 Å². The van der Waals surface area contributed by atoms with Crippen LogP contribution < -0.4 is 10.5 Å². The molecule has 3 N–H and O–H groups in total. The molecule has 1 aliphatic carbocycles. The molecule has 0 heterocycles. The molecule has 1 aromatic rings. The number of alkyl halides is 3. The number of rotatable bonds is 3. The van der Waals surface area contributed by atoms with Gasteiger partial charge in [0.1, 0.15) is 11.5 Å². The van der Waals surface area contributed by atoms with Gasteiger partial charge in [-0.3, -0.25) is 0 Å². The van der Waals surface area contributed by atoms with Crippen molar-refractivity contribution in [1.29, 1.82) is 0 Å². The Balaban J connectivity index is 2.18. The van der Waals surface area contributed by atoms with E-state index in [1.807, 2.05) is 0 Å². The van der Waals surface area contributed by atoms with Gasteiger partial charge in [0, 0.05) is 11.6 Å². The number of hydrogen-bond donors (Lipinski definition) is 2. The monoisotopic (exact) mass is 289 g/mol. The quantitative estimate of drug-likeness (QED) is 0.888. The second kappa shape index (κ2) is 5.91. The molecule has 20 heavy (non-hydrogen) atoms. The van der Waals surface area contributed by atoms with Crippen molar-refractivity contribution < 1.29 is 23.0 Å². The van der Waals surface area contributed by atoms with Crippen molar-refractivity contribution in [2.75, 3.05) is 0 Å². The van der Waals surface area contributed by atoms with Gasteiger partial charge in [0.15, 0.2) is 0 Å². The molecule has 0 saturated heterocycles. The SMILES string of the molecule is N[C@@H](c1cc(OC(F)(F)F)ccc1O)C1CCCCC1. The fraction of sp³-hybridized carbons (Fsp3) is 0.571. The third kappa shape index (κ3) is 3.79. The van der Waals surface area contributed by atoms with E-state index in [1.165, 1.54) is 12.1 Å². The molecule has 0 aromatic heterocycles. The van der Waals surface area contributed by atoms with Crippen LogP contribution in [0.15, 0.2) is 18.2 Å². The number of halogens is 3. The van der Waals surface area contributed by atoms with Crippen LogP contribution in [-0.4, -0.2) is 11.5 Å². The molecule has 3 nitrogen and oxygen atoms in total. The molecule has 6 heteroatoms. The first-order valence-electron chi connectivity index (χ1n) is 6.71. The van der Waals surface area contributed by atoms with Crippen LogP contribution in [0.1, 0.15) is 43.7 Å². The summed E-state index contributed by atoms with van der Waals surface area (Å²) in [5.74, 6) is -0.245. The number of benzene rings is 1. The van der Waals surface area contributed by atoms with E-state index in [1.54, 1.807) is 0 Å². The van der Waals surface area contributed by atoms with Gasteiger partial charge in [0.05, 0.1) is 0 Å². The summed E-state index contributed by atoms with van der Waals surface area (Å²) in [7, 11) is 0. The highest BCUT2D eigenvalue weighted by molar-refractivity contribution is 5.41. The van der Waals surface area contributed by atoms with Crippen LogP contribution in [0.5, 0.6) is 11.5 Å². The third-order valence-electron chi connectivity index (χ3n) is 3.75. The Morgan fingerprint density at radius 2 is 1.85 bits per heavy atom. The molecule has 0 amide bonds. The largest absolute Gasteiger partial charge is 0.573 e. The smallest absolute Gasteiger partial charge is 0.508 e. The van der Waals surface area contributed by atoms with Crippen molar-refractivity contribution in [2.24, 2.45) is 11.7 Å². The van der Waals surface area contributed by atoms with Gasteiger partial charge < -0.3 is 15.6 Å². The van der Waals surface area contributed by atoms with Gasteiger partial charge in [0.2, 0.25) is 0 Å². The maximum absolute atomic E-state index is 12.2. The zero-order valence-corrected chi connectivity index (χ0v) is 11.0. The fourth-order valence-corrected chi connectivity index (χ4v) is 2.74. The van der Waals surface area contributed by atoms with Crippen LogP contribution >= 0.6 is 0 Å². The first kappa shape index (κ1) is 15.0. The second-order valence-electron chi connectivity index (χ2n) is 5.19. The Morgan fingerprint density at radius 1 is 1.20 bits per heavy atom. The minimum atomic E-state index is -4.75. The fourth-order valence-electron chi connectivity index (χ4n) is 2.74. The molecular weight excluding hydrogens is 271 g/mol. The number of aromatic hydroxyl groups is 1. The lowest BCUT2D eigenvalue weighted by Crippen LogP contribution is -2.24. The molecule has 0 spiro atoms. The van der Waals surface area contributed by atoms with Gasteiger partial charge >= 0.3 is 6.36 Å². The predicted molar refractivity (Wildman–Crippen MR) is 68.3 cm³/mol. The van der Waals surface area contributed by atoms with E-state index in [0.717, 1.165) is 38.2 Å². The van der Waals surface area contributed by atoms with Gasteiger partial charge in [-0.1, -0.05) is 19.3 Å². The summed E-state index contributed by atoms with van der Waals surface area (Å²) >= 11 is 0. The van der Waals surface area contributed by atoms with Crippen molar-refractivity contribution >= 4 is 0 Å². The molecule has 0 aliphatic heterocycles. The van der Waals surface area contributed by atoms with Crippen LogP contribution in [0.2, 0.25) is 0 Å². The Kier molecular flexibility index (Phi) is 4.42. The summed E-state index contributed by atoms with van der Waals surface area (Å²) in [5.41, 5.74) is 6.42. The van der Waals surface area contributed by atoms with Gasteiger partial charge in [-0.05, 0) is 37.0 Å². The average molecular weight is 289 g/mol. The van der Waals surface area contributed by atoms with E-state index >= 15 is 0 Å². The minimum Gasteiger partial charge on any atom is -0.508 e. The van der Waals surface area contributed by atoms with Crippen molar-refractivity contribution in [1.82, 2.24) is 0 Å². The van der Waals surface area contributed by atoms with Crippen LogP contribution in [0, 0.1) is 5.92 Å². The Bertz CT molecular complexity index is 456. The molecule has 112 valence electrons. The van der Waals surface area contributed by atoms with Crippen LogP contribution in [0.4, 0.5) is 13.2 Å². The van der Waals surface area contributed by atoms with Crippen LogP contribution in [0.25, 0.3) is 0 Å². The van der Waals surface area contributed by atoms with E-state index in [-0.39, 0.29) is 17.4 Å². The maximum atomic E-state index is 12.2. The van der Waals surface area contributed by atoms with Gasteiger partial charge in [-0.2, -0.15) is 0 Å². The van der Waals surface area contributed by atoms with E-state index in [2.05, 4.69) is 4.74 Å². The number of nitrogens with two attached hydrogens (primary N) is 1. The van der Waals surface area contributed by atoms with E-state index in [4.69, 9.17) is 5.73 Å². The lowest BCUT2D eigenvalue weighted by atomic mass is 9.81. The van der Waals surface area contributed by atoms with Gasteiger partial charge in [-0.15, -0.1) is 13.2 Å². The highest BCUT2D eigenvalue weighted by Crippen LogP contribution is 2.38. The van der Waals surface area contributed by atoms with Gasteiger partial charge in [-0.25, -0.2) is 0 Å². The molecule has 0 bridgehead atoms. The van der Waals surface area contributed by atoms with Gasteiger partial charge in [0.25, 0.3) is 0 Å². The van der Waals surface area contributed by atoms with Crippen molar-refractivity contribution in [3.05, 3.63) is 23.8 Å². The molecule has 0 unspecified atom stereocenters. The van der Waals surface area contributed by atoms with E-state index in [9.17, 15) is 18.3 Å². The molecule has 0 radical (unpaired) electrons. The van der Waals surface area contributed by atoms with Crippen LogP contribution in [0.3, 0.4) is 0 Å². The Hall–Kier alpha value is -1.43. The maximum Gasteiger partial charge on any atom is 0.573 e. The molecular formula is C14H18F3NO2. The highest BCUT2D eigenvalue weighted by Gasteiger charge is 2.32. The summed E-state index contributed by atoms with van der Waals surface area (Å²) in [6.07, 6.45) is 0.418. The summed E-state index contributed by atoms with van der Waals surface area (Å²) in [6.45, 7) is 0. The first-order chi connectivity index (χ1) is 9.37. The van der Waals surface area contributed by atoms with E-state index < -0.39 is 12.4 Å². The number of phenols is 1. The van der Waals surface area contributed by atoms with E-state index in [0.29, 0.717) is 5.56 Å². The normalized spacial score (nSPS) is 18.8. The standard InChI is InChI=1S/C14H18F3NO2/c15-14(16,17)20-10-6-7-12(19)11(8-10)13(18)9-4-2-1-3-5-9/h6-9,13,19H,1-5,18H2/t13-/m1/s1. The summed E-state index contributed by atoms with van der Waals surface area (Å²) in [5, 5.41) is 9.82. The molecule has 1 atom stereocenters. The lowest BCUT2D eigenvalue weighted by Gasteiger charge is -2.28. The minimum absolute atomic E-state index is 0.0856. The Labute approximate surface area is 115 Å². The lowest BCUT2D eigenvalue weighted by molar-refractivity contribution is -0.274. The molecule has 1 aliphatic rings. The number of phenolic OH excluding ortho intramolecular Hbond substituents is 1. The number of hydrogen-bond acceptors (Lipinski definition) is 3. The Morgan fingerprint density at radius 3 is 2.45 bits per heavy atom. The average Bonchev–Trinajstić information content (AvgIpc) is 2.40. The third-order valence-corrected chi connectivity index (χ3v) is 3.75. The molecule has 1 fully saturated rings. The molecule has 1 aromatic carbocycles. The zero-order chi connectivity index (χ0) is 14.8. The zero-order valence-electron chi connectivity index (χ0n) is 11.0. The summed E-state index contributed by atoms with van der Waals surface area (Å²) < 4.78 is 40.5. The summed E-state index contributed by atoms with van der Waals surface area (Å²) in [6, 6.07) is 2.99. The highest BCUT2D eigenvalue weighted by atomic mass is 19.4. The molecule has 2 rings (SSSR count). The van der Waals surface area contributed by atoms with Crippen molar-refractivity contribution in [3.8, 4) is 11.5 Å². The van der Waals surface area contributed by atoms with Crippen molar-refractivity contribution in [3.63, 3.8) is 0 Å². The second-order valence-corrected chi connectivity index (χ2v) is 5.19. The predicted octanol–water partition coefficient (Wildman–Crippen LogP) is 3.87. The first-order valence-corrected chi connectivity index (χ1v) is 6.71. The van der Waals surface area contributed by atoms with Crippen LogP contribution in [-0.2, 0) is 0 Å². The number of ether oxygens (including phenoxy) is 1. The molecule has 1 saturated carbocycles. The topological polar surface area (TPSA) is 55.5 Å².